The minimum atomic E-state index is -0.352. The molecule has 6 heteroatoms. The van der Waals surface area contributed by atoms with Crippen molar-refractivity contribution in [2.24, 2.45) is 5.92 Å². The molecule has 2 heterocycles. The first-order chi connectivity index (χ1) is 10.2. The Labute approximate surface area is 122 Å². The van der Waals surface area contributed by atoms with E-state index in [0.29, 0.717) is 23.7 Å². The van der Waals surface area contributed by atoms with Crippen molar-refractivity contribution >= 4 is 22.7 Å². The molecule has 6 nitrogen and oxygen atoms in total. The molecule has 1 saturated carbocycles. The summed E-state index contributed by atoms with van der Waals surface area (Å²) in [6.45, 7) is 0.678. The van der Waals surface area contributed by atoms with Gasteiger partial charge in [-0.2, -0.15) is 0 Å². The Morgan fingerprint density at radius 1 is 1.19 bits per heavy atom. The molecule has 2 aromatic heterocycles. The highest BCUT2D eigenvalue weighted by Gasteiger charge is 2.21. The molecule has 0 aliphatic heterocycles. The lowest BCUT2D eigenvalue weighted by atomic mass is 10.2. The maximum absolute atomic E-state index is 12.0. The standard InChI is InChI=1S/C15H16N4O2/c20-14(17-7-10-1-2-10)9-18-15(21)13-4-3-11-8-16-6-5-12(11)19-13/h3-6,8,10H,1-2,7,9H2,(H,17,20)(H,18,21). The normalized spacial score (nSPS) is 13.9. The molecule has 2 N–H and O–H groups in total. The Bertz CT molecular complexity index is 682. The number of nitrogens with one attached hydrogen (secondary N) is 2. The summed E-state index contributed by atoms with van der Waals surface area (Å²) < 4.78 is 0. The second-order valence-electron chi connectivity index (χ2n) is 5.19. The first-order valence-electron chi connectivity index (χ1n) is 6.98. The minimum absolute atomic E-state index is 0.0262. The molecular formula is C15H16N4O2. The topological polar surface area (TPSA) is 84.0 Å². The molecule has 21 heavy (non-hydrogen) atoms. The Balaban J connectivity index is 1.56. The highest BCUT2D eigenvalue weighted by molar-refractivity contribution is 5.96. The van der Waals surface area contributed by atoms with Gasteiger partial charge in [0.25, 0.3) is 5.91 Å². The van der Waals surface area contributed by atoms with Crippen molar-refractivity contribution in [2.75, 3.05) is 13.1 Å². The van der Waals surface area contributed by atoms with Crippen molar-refractivity contribution in [2.45, 2.75) is 12.8 Å². The zero-order chi connectivity index (χ0) is 14.7. The lowest BCUT2D eigenvalue weighted by molar-refractivity contribution is -0.120. The van der Waals surface area contributed by atoms with E-state index < -0.39 is 0 Å². The van der Waals surface area contributed by atoms with Crippen LogP contribution in [0.5, 0.6) is 0 Å². The van der Waals surface area contributed by atoms with Gasteiger partial charge in [-0.05, 0) is 37.0 Å². The van der Waals surface area contributed by atoms with Gasteiger partial charge in [0.2, 0.25) is 5.91 Å². The number of carbonyl (C=O) groups is 2. The van der Waals surface area contributed by atoms with E-state index in [1.54, 1.807) is 30.6 Å². The van der Waals surface area contributed by atoms with Crippen LogP contribution in [-0.2, 0) is 4.79 Å². The van der Waals surface area contributed by atoms with E-state index in [4.69, 9.17) is 0 Å². The lowest BCUT2D eigenvalue weighted by Gasteiger charge is -2.06. The van der Waals surface area contributed by atoms with Crippen molar-refractivity contribution < 1.29 is 9.59 Å². The number of carbonyl (C=O) groups excluding carboxylic acids is 2. The average molecular weight is 284 g/mol. The van der Waals surface area contributed by atoms with Gasteiger partial charge >= 0.3 is 0 Å². The second-order valence-corrected chi connectivity index (χ2v) is 5.19. The SMILES string of the molecule is O=C(CNC(=O)c1ccc2cnccc2n1)NCC1CC1. The first-order valence-corrected chi connectivity index (χ1v) is 6.98. The summed E-state index contributed by atoms with van der Waals surface area (Å²) in [4.78, 5) is 31.8. The number of hydrogen-bond donors (Lipinski definition) is 2. The summed E-state index contributed by atoms with van der Waals surface area (Å²) in [6.07, 6.45) is 5.68. The fourth-order valence-corrected chi connectivity index (χ4v) is 1.99. The van der Waals surface area contributed by atoms with Gasteiger partial charge in [0.1, 0.15) is 5.69 Å². The van der Waals surface area contributed by atoms with Gasteiger partial charge in [0.15, 0.2) is 0 Å². The number of amides is 2. The minimum Gasteiger partial charge on any atom is -0.354 e. The monoisotopic (exact) mass is 284 g/mol. The van der Waals surface area contributed by atoms with E-state index in [1.807, 2.05) is 0 Å². The molecule has 1 fully saturated rings. The third-order valence-corrected chi connectivity index (χ3v) is 3.42. The van der Waals surface area contributed by atoms with Crippen LogP contribution in [0.15, 0.2) is 30.6 Å². The van der Waals surface area contributed by atoms with Crippen LogP contribution in [-0.4, -0.2) is 34.9 Å². The second kappa shape index (κ2) is 5.87. The predicted molar refractivity (Wildman–Crippen MR) is 77.6 cm³/mol. The molecule has 0 saturated heterocycles. The van der Waals surface area contributed by atoms with Gasteiger partial charge in [-0.15, -0.1) is 0 Å². The smallest absolute Gasteiger partial charge is 0.270 e. The van der Waals surface area contributed by atoms with Crippen LogP contribution in [0.25, 0.3) is 10.9 Å². The molecule has 108 valence electrons. The van der Waals surface area contributed by atoms with Crippen LogP contribution in [0.1, 0.15) is 23.3 Å². The predicted octanol–water partition coefficient (Wildman–Crippen LogP) is 0.886. The summed E-state index contributed by atoms with van der Waals surface area (Å²) in [6, 6.07) is 5.16. The molecule has 2 amide bonds. The van der Waals surface area contributed by atoms with E-state index in [-0.39, 0.29) is 18.4 Å². The number of hydrogen-bond acceptors (Lipinski definition) is 4. The molecule has 0 spiro atoms. The van der Waals surface area contributed by atoms with Crippen LogP contribution in [0.3, 0.4) is 0 Å². The van der Waals surface area contributed by atoms with Crippen molar-refractivity contribution in [1.82, 2.24) is 20.6 Å². The Kier molecular flexibility index (Phi) is 3.77. The summed E-state index contributed by atoms with van der Waals surface area (Å²) in [5, 5.41) is 6.25. The molecule has 0 aromatic carbocycles. The quantitative estimate of drug-likeness (QED) is 0.854. The summed E-state index contributed by atoms with van der Waals surface area (Å²) in [7, 11) is 0. The fourth-order valence-electron chi connectivity index (χ4n) is 1.99. The van der Waals surface area contributed by atoms with Gasteiger partial charge in [0, 0.05) is 24.3 Å². The van der Waals surface area contributed by atoms with Gasteiger partial charge in [0.05, 0.1) is 12.1 Å². The van der Waals surface area contributed by atoms with Crippen molar-refractivity contribution in [1.29, 1.82) is 0 Å². The lowest BCUT2D eigenvalue weighted by Crippen LogP contribution is -2.37. The molecule has 3 rings (SSSR count). The highest BCUT2D eigenvalue weighted by Crippen LogP contribution is 2.27. The van der Waals surface area contributed by atoms with Crippen molar-refractivity contribution in [3.8, 4) is 0 Å². The average Bonchev–Trinajstić information content (AvgIpc) is 3.34. The largest absolute Gasteiger partial charge is 0.354 e. The van der Waals surface area contributed by atoms with Crippen LogP contribution in [0, 0.1) is 5.92 Å². The maximum atomic E-state index is 12.0. The zero-order valence-electron chi connectivity index (χ0n) is 11.5. The Hall–Kier alpha value is -2.50. The number of fused-ring (bicyclic) bond motifs is 1. The highest BCUT2D eigenvalue weighted by atomic mass is 16.2. The van der Waals surface area contributed by atoms with Crippen molar-refractivity contribution in [3.05, 3.63) is 36.3 Å². The van der Waals surface area contributed by atoms with E-state index in [1.165, 1.54) is 12.8 Å². The third-order valence-electron chi connectivity index (χ3n) is 3.42. The number of rotatable bonds is 5. The zero-order valence-corrected chi connectivity index (χ0v) is 11.5. The molecule has 0 unspecified atom stereocenters. The first kappa shape index (κ1) is 13.5. The van der Waals surface area contributed by atoms with E-state index in [0.717, 1.165) is 5.39 Å². The van der Waals surface area contributed by atoms with Gasteiger partial charge in [-0.1, -0.05) is 0 Å². The number of nitrogens with zero attached hydrogens (tertiary/aromatic N) is 2. The third kappa shape index (κ3) is 3.53. The van der Waals surface area contributed by atoms with Crippen LogP contribution < -0.4 is 10.6 Å². The molecular weight excluding hydrogens is 268 g/mol. The van der Waals surface area contributed by atoms with E-state index in [9.17, 15) is 9.59 Å². The molecule has 0 bridgehead atoms. The summed E-state index contributed by atoms with van der Waals surface area (Å²) in [5.41, 5.74) is 1.000. The fraction of sp³-hybridized carbons (Fsp3) is 0.333. The molecule has 0 radical (unpaired) electrons. The summed E-state index contributed by atoms with van der Waals surface area (Å²) >= 11 is 0. The maximum Gasteiger partial charge on any atom is 0.270 e. The van der Waals surface area contributed by atoms with Gasteiger partial charge in [-0.3, -0.25) is 14.6 Å². The van der Waals surface area contributed by atoms with E-state index in [2.05, 4.69) is 20.6 Å². The molecule has 2 aromatic rings. The molecule has 1 aliphatic rings. The van der Waals surface area contributed by atoms with Crippen molar-refractivity contribution in [3.63, 3.8) is 0 Å². The number of pyridine rings is 2. The molecule has 1 aliphatic carbocycles. The van der Waals surface area contributed by atoms with Crippen LogP contribution >= 0.6 is 0 Å². The Morgan fingerprint density at radius 3 is 2.86 bits per heavy atom. The summed E-state index contributed by atoms with van der Waals surface area (Å²) in [5.74, 6) is 0.107. The Morgan fingerprint density at radius 2 is 2.05 bits per heavy atom. The molecule has 0 atom stereocenters. The van der Waals surface area contributed by atoms with E-state index >= 15 is 0 Å². The van der Waals surface area contributed by atoms with Crippen LogP contribution in [0.4, 0.5) is 0 Å². The number of aromatic nitrogens is 2. The van der Waals surface area contributed by atoms with Crippen LogP contribution in [0.2, 0.25) is 0 Å². The van der Waals surface area contributed by atoms with Gasteiger partial charge in [-0.25, -0.2) is 4.98 Å². The van der Waals surface area contributed by atoms with Gasteiger partial charge < -0.3 is 10.6 Å².